The molecule has 1 aromatic heterocycles. The van der Waals surface area contributed by atoms with Crippen molar-refractivity contribution in [1.29, 1.82) is 0 Å². The van der Waals surface area contributed by atoms with Gasteiger partial charge < -0.3 is 4.42 Å². The summed E-state index contributed by atoms with van der Waals surface area (Å²) in [5.41, 5.74) is -0.514. The summed E-state index contributed by atoms with van der Waals surface area (Å²) >= 11 is 13.4. The monoisotopic (exact) mass is 373 g/mol. The first-order chi connectivity index (χ1) is 10.7. The number of thioether (sulfide) groups is 1. The maximum absolute atomic E-state index is 14.3. The molecule has 0 aliphatic rings. The van der Waals surface area contributed by atoms with Gasteiger partial charge in [0.1, 0.15) is 5.82 Å². The van der Waals surface area contributed by atoms with Gasteiger partial charge in [-0.2, -0.15) is 0 Å². The molecular formula is C16H14Cl2FNO2S. The second-order valence-corrected chi connectivity index (χ2v) is 7.37. The van der Waals surface area contributed by atoms with E-state index in [9.17, 15) is 9.18 Å². The van der Waals surface area contributed by atoms with Gasteiger partial charge in [-0.25, -0.2) is 13.8 Å². The fourth-order valence-corrected chi connectivity index (χ4v) is 3.18. The van der Waals surface area contributed by atoms with Gasteiger partial charge in [0.15, 0.2) is 10.9 Å². The molecule has 0 bridgehead atoms. The predicted molar refractivity (Wildman–Crippen MR) is 92.3 cm³/mol. The van der Waals surface area contributed by atoms with Gasteiger partial charge in [-0.05, 0) is 36.1 Å². The van der Waals surface area contributed by atoms with E-state index >= 15 is 0 Å². The molecule has 0 saturated heterocycles. The lowest BCUT2D eigenvalue weighted by Gasteiger charge is -2.14. The normalized spacial score (nSPS) is 11.3. The van der Waals surface area contributed by atoms with Crippen LogP contribution in [-0.4, -0.2) is 4.57 Å². The zero-order chi connectivity index (χ0) is 17.4. The Hall–Kier alpha value is -1.35. The molecule has 0 fully saturated rings. The summed E-state index contributed by atoms with van der Waals surface area (Å²) in [6.45, 7) is 7.21. The first kappa shape index (κ1) is 18.0. The highest BCUT2D eigenvalue weighted by Gasteiger charge is 2.28. The summed E-state index contributed by atoms with van der Waals surface area (Å²) in [5, 5.41) is 3.03. The third kappa shape index (κ3) is 3.60. The van der Waals surface area contributed by atoms with Crippen LogP contribution < -0.4 is 5.76 Å². The summed E-state index contributed by atoms with van der Waals surface area (Å²) in [5.74, 6) is 1.58. The van der Waals surface area contributed by atoms with Crippen LogP contribution in [0.4, 0.5) is 4.39 Å². The van der Waals surface area contributed by atoms with Crippen LogP contribution in [-0.2, 0) is 5.41 Å². The zero-order valence-electron chi connectivity index (χ0n) is 13.0. The fraction of sp³-hybridized carbons (Fsp3) is 0.312. The quantitative estimate of drug-likeness (QED) is 0.532. The highest BCUT2D eigenvalue weighted by Crippen LogP contribution is 2.34. The largest absolute Gasteiger partial charge is 0.425 e. The molecule has 23 heavy (non-hydrogen) atoms. The lowest BCUT2D eigenvalue weighted by Crippen LogP contribution is -2.14. The van der Waals surface area contributed by atoms with Gasteiger partial charge in [0.25, 0.3) is 0 Å². The SMILES string of the molecule is CC#CSc1cc(-n2c(Cl)c(C(C)(C)C)oc2=O)c(F)cc1Cl. The van der Waals surface area contributed by atoms with Gasteiger partial charge in [0.2, 0.25) is 0 Å². The highest BCUT2D eigenvalue weighted by molar-refractivity contribution is 8.04. The van der Waals surface area contributed by atoms with E-state index < -0.39 is 17.0 Å². The molecule has 1 heterocycles. The van der Waals surface area contributed by atoms with E-state index in [-0.39, 0.29) is 15.9 Å². The molecule has 0 spiro atoms. The standard InChI is InChI=1S/C16H14Cl2FNO2S/c1-5-6-23-12-8-11(10(19)7-9(12)17)20-14(18)13(16(2,3)4)22-15(20)21/h7-8H,1-4H3. The molecule has 0 radical (unpaired) electrons. The lowest BCUT2D eigenvalue weighted by atomic mass is 9.94. The number of halogens is 3. The molecule has 7 heteroatoms. The molecule has 0 saturated carbocycles. The Morgan fingerprint density at radius 1 is 1.30 bits per heavy atom. The minimum Gasteiger partial charge on any atom is -0.410 e. The van der Waals surface area contributed by atoms with E-state index in [1.807, 2.05) is 20.8 Å². The minimum atomic E-state index is -0.751. The third-order valence-corrected chi connectivity index (χ3v) is 4.57. The summed E-state index contributed by atoms with van der Waals surface area (Å²) in [6.07, 6.45) is 0. The third-order valence-electron chi connectivity index (χ3n) is 2.94. The molecular weight excluding hydrogens is 360 g/mol. The van der Waals surface area contributed by atoms with Crippen molar-refractivity contribution in [2.24, 2.45) is 0 Å². The van der Waals surface area contributed by atoms with Crippen molar-refractivity contribution >= 4 is 35.0 Å². The number of hydrogen-bond donors (Lipinski definition) is 0. The molecule has 0 amide bonds. The van der Waals surface area contributed by atoms with Gasteiger partial charge in [0.05, 0.1) is 10.7 Å². The fourth-order valence-electron chi connectivity index (χ4n) is 1.90. The smallest absolute Gasteiger partial charge is 0.410 e. The van der Waals surface area contributed by atoms with E-state index in [4.69, 9.17) is 27.6 Å². The topological polar surface area (TPSA) is 35.1 Å². The van der Waals surface area contributed by atoms with E-state index in [0.717, 1.165) is 22.4 Å². The van der Waals surface area contributed by atoms with Crippen molar-refractivity contribution in [3.63, 3.8) is 0 Å². The Balaban J connectivity index is 2.69. The van der Waals surface area contributed by atoms with Gasteiger partial charge in [-0.3, -0.25) is 0 Å². The first-order valence-electron chi connectivity index (χ1n) is 6.66. The summed E-state index contributed by atoms with van der Waals surface area (Å²) < 4.78 is 20.5. The van der Waals surface area contributed by atoms with Crippen LogP contribution in [0.2, 0.25) is 10.2 Å². The zero-order valence-corrected chi connectivity index (χ0v) is 15.3. The van der Waals surface area contributed by atoms with Crippen molar-refractivity contribution < 1.29 is 8.81 Å². The van der Waals surface area contributed by atoms with E-state index in [1.54, 1.807) is 6.92 Å². The Bertz CT molecular complexity index is 869. The van der Waals surface area contributed by atoms with Crippen LogP contribution >= 0.6 is 35.0 Å². The number of hydrogen-bond acceptors (Lipinski definition) is 3. The van der Waals surface area contributed by atoms with Crippen LogP contribution in [0, 0.1) is 17.0 Å². The second kappa shape index (κ2) is 6.64. The predicted octanol–water partition coefficient (Wildman–Crippen LogP) is 5.25. The first-order valence-corrected chi connectivity index (χ1v) is 8.24. The number of benzene rings is 1. The van der Waals surface area contributed by atoms with Crippen molar-refractivity contribution in [2.75, 3.05) is 0 Å². The molecule has 0 aliphatic heterocycles. The Morgan fingerprint density at radius 2 is 1.96 bits per heavy atom. The van der Waals surface area contributed by atoms with Crippen LogP contribution in [0.1, 0.15) is 33.5 Å². The van der Waals surface area contributed by atoms with Gasteiger partial charge in [-0.15, -0.1) is 0 Å². The number of rotatable bonds is 2. The van der Waals surface area contributed by atoms with E-state index in [0.29, 0.717) is 10.7 Å². The molecule has 0 atom stereocenters. The molecule has 0 N–H and O–H groups in total. The highest BCUT2D eigenvalue weighted by atomic mass is 35.5. The van der Waals surface area contributed by atoms with Gasteiger partial charge in [0, 0.05) is 10.3 Å². The molecule has 0 aliphatic carbocycles. The Morgan fingerprint density at radius 3 is 2.48 bits per heavy atom. The molecule has 3 nitrogen and oxygen atoms in total. The van der Waals surface area contributed by atoms with Crippen LogP contribution in [0.5, 0.6) is 0 Å². The Labute approximate surface area is 147 Å². The van der Waals surface area contributed by atoms with Crippen molar-refractivity contribution in [1.82, 2.24) is 4.57 Å². The molecule has 1 aromatic carbocycles. The average Bonchev–Trinajstić information content (AvgIpc) is 2.74. The number of aromatic nitrogens is 1. The number of nitrogens with zero attached hydrogens (tertiary/aromatic N) is 1. The summed E-state index contributed by atoms with van der Waals surface area (Å²) in [7, 11) is 0. The average molecular weight is 374 g/mol. The Kier molecular flexibility index (Phi) is 5.20. The van der Waals surface area contributed by atoms with Crippen molar-refractivity contribution in [2.45, 2.75) is 38.0 Å². The second-order valence-electron chi connectivity index (χ2n) is 5.76. The van der Waals surface area contributed by atoms with Crippen LogP contribution in [0.25, 0.3) is 5.69 Å². The van der Waals surface area contributed by atoms with Crippen molar-refractivity contribution in [3.05, 3.63) is 44.4 Å². The minimum absolute atomic E-state index is 0.0240. The summed E-state index contributed by atoms with van der Waals surface area (Å²) in [4.78, 5) is 12.7. The van der Waals surface area contributed by atoms with Crippen molar-refractivity contribution in [3.8, 4) is 16.9 Å². The summed E-state index contributed by atoms with van der Waals surface area (Å²) in [6, 6.07) is 2.56. The maximum atomic E-state index is 14.3. The van der Waals surface area contributed by atoms with Gasteiger partial charge >= 0.3 is 5.76 Å². The molecule has 2 rings (SSSR count). The maximum Gasteiger partial charge on any atom is 0.425 e. The van der Waals surface area contributed by atoms with Crippen LogP contribution in [0.3, 0.4) is 0 Å². The van der Waals surface area contributed by atoms with E-state index in [1.165, 1.54) is 6.07 Å². The number of oxazole rings is 1. The van der Waals surface area contributed by atoms with Gasteiger partial charge in [-0.1, -0.05) is 49.9 Å². The molecule has 2 aromatic rings. The molecule has 0 unspecified atom stereocenters. The molecule has 122 valence electrons. The lowest BCUT2D eigenvalue weighted by molar-refractivity contribution is 0.385. The van der Waals surface area contributed by atoms with E-state index in [2.05, 4.69) is 11.2 Å². The van der Waals surface area contributed by atoms with Crippen LogP contribution in [0.15, 0.2) is 26.2 Å².